The van der Waals surface area contributed by atoms with E-state index in [9.17, 15) is 9.59 Å². The van der Waals surface area contributed by atoms with E-state index in [0.717, 1.165) is 38.4 Å². The number of nitrogens with zero attached hydrogens (tertiary/aromatic N) is 1. The minimum absolute atomic E-state index is 0.0133. The Kier molecular flexibility index (Phi) is 3.73. The lowest BCUT2D eigenvalue weighted by Gasteiger charge is -2.34. The molecular formula is C14H23N3O2. The molecule has 2 amide bonds. The molecule has 1 atom stereocenters. The number of carbonyl (C=O) groups is 2. The summed E-state index contributed by atoms with van der Waals surface area (Å²) in [5.41, 5.74) is 0. The molecule has 2 heterocycles. The van der Waals surface area contributed by atoms with E-state index < -0.39 is 0 Å². The predicted molar refractivity (Wildman–Crippen MR) is 71.5 cm³/mol. The number of rotatable bonds is 4. The van der Waals surface area contributed by atoms with E-state index in [1.807, 2.05) is 4.90 Å². The second-order valence-electron chi connectivity index (χ2n) is 6.11. The third-order valence-electron chi connectivity index (χ3n) is 4.49. The van der Waals surface area contributed by atoms with Gasteiger partial charge in [-0.25, -0.2) is 0 Å². The molecular weight excluding hydrogens is 242 g/mol. The van der Waals surface area contributed by atoms with Crippen molar-refractivity contribution in [2.45, 2.75) is 50.6 Å². The topological polar surface area (TPSA) is 61.4 Å². The maximum absolute atomic E-state index is 12.2. The Bertz CT molecular complexity index is 360. The van der Waals surface area contributed by atoms with Crippen LogP contribution in [0.5, 0.6) is 0 Å². The number of carbonyl (C=O) groups excluding carboxylic acids is 2. The lowest BCUT2D eigenvalue weighted by molar-refractivity contribution is -0.135. The van der Waals surface area contributed by atoms with Crippen molar-refractivity contribution in [3.63, 3.8) is 0 Å². The van der Waals surface area contributed by atoms with Crippen molar-refractivity contribution in [3.05, 3.63) is 0 Å². The summed E-state index contributed by atoms with van der Waals surface area (Å²) >= 11 is 0. The number of likely N-dealkylation sites (tertiary alicyclic amines) is 1. The summed E-state index contributed by atoms with van der Waals surface area (Å²) in [4.78, 5) is 25.3. The fourth-order valence-corrected chi connectivity index (χ4v) is 2.98. The van der Waals surface area contributed by atoms with Crippen LogP contribution in [0.3, 0.4) is 0 Å². The van der Waals surface area contributed by atoms with Gasteiger partial charge in [-0.05, 0) is 44.6 Å². The number of piperidine rings is 1. The smallest absolute Gasteiger partial charge is 0.245 e. The molecule has 0 aromatic rings. The standard InChI is InChI=1S/C14H23N3O2/c18-13-4-3-12(16-13)14(19)17-7-5-11(6-8-17)15-9-10-1-2-10/h10-12,15H,1-9H2,(H,16,18)/t12-/m0/s1. The summed E-state index contributed by atoms with van der Waals surface area (Å²) in [5, 5.41) is 6.38. The second-order valence-corrected chi connectivity index (χ2v) is 6.11. The van der Waals surface area contributed by atoms with E-state index >= 15 is 0 Å². The van der Waals surface area contributed by atoms with Crippen LogP contribution in [0.4, 0.5) is 0 Å². The molecule has 3 aliphatic rings. The average Bonchev–Trinajstić information content (AvgIpc) is 3.17. The van der Waals surface area contributed by atoms with E-state index in [0.29, 0.717) is 18.9 Å². The third kappa shape index (κ3) is 3.26. The predicted octanol–water partition coefficient (Wildman–Crippen LogP) is 0.256. The first-order valence-corrected chi connectivity index (χ1v) is 7.54. The van der Waals surface area contributed by atoms with E-state index in [1.165, 1.54) is 12.8 Å². The van der Waals surface area contributed by atoms with Gasteiger partial charge in [0, 0.05) is 25.6 Å². The molecule has 106 valence electrons. The van der Waals surface area contributed by atoms with Crippen molar-refractivity contribution in [1.82, 2.24) is 15.5 Å². The number of hydrogen-bond donors (Lipinski definition) is 2. The Morgan fingerprint density at radius 2 is 1.95 bits per heavy atom. The van der Waals surface area contributed by atoms with Gasteiger partial charge in [-0.1, -0.05) is 0 Å². The zero-order valence-corrected chi connectivity index (χ0v) is 11.4. The molecule has 0 bridgehead atoms. The fraction of sp³-hybridized carbons (Fsp3) is 0.857. The molecule has 19 heavy (non-hydrogen) atoms. The molecule has 5 heteroatoms. The maximum Gasteiger partial charge on any atom is 0.245 e. The summed E-state index contributed by atoms with van der Waals surface area (Å²) < 4.78 is 0. The molecule has 2 aliphatic heterocycles. The summed E-state index contributed by atoms with van der Waals surface area (Å²) in [6, 6.07) is 0.311. The summed E-state index contributed by atoms with van der Waals surface area (Å²) in [6.07, 6.45) is 6.00. The summed E-state index contributed by atoms with van der Waals surface area (Å²) in [5.74, 6) is 1.04. The van der Waals surface area contributed by atoms with E-state index in [2.05, 4.69) is 10.6 Å². The van der Waals surface area contributed by atoms with E-state index in [-0.39, 0.29) is 17.9 Å². The molecule has 0 spiro atoms. The third-order valence-corrected chi connectivity index (χ3v) is 4.49. The van der Waals surface area contributed by atoms with Crippen LogP contribution in [0.15, 0.2) is 0 Å². The molecule has 0 unspecified atom stereocenters. The minimum atomic E-state index is -0.261. The van der Waals surface area contributed by atoms with Gasteiger partial charge in [0.05, 0.1) is 0 Å². The van der Waals surface area contributed by atoms with E-state index in [4.69, 9.17) is 0 Å². The molecule has 1 saturated carbocycles. The molecule has 3 rings (SSSR count). The van der Waals surface area contributed by atoms with Gasteiger partial charge >= 0.3 is 0 Å². The Balaban J connectivity index is 1.41. The second kappa shape index (κ2) is 5.49. The highest BCUT2D eigenvalue weighted by atomic mass is 16.2. The summed E-state index contributed by atoms with van der Waals surface area (Å²) in [6.45, 7) is 2.80. The highest BCUT2D eigenvalue weighted by Crippen LogP contribution is 2.28. The number of amides is 2. The van der Waals surface area contributed by atoms with Gasteiger partial charge < -0.3 is 15.5 Å². The van der Waals surface area contributed by atoms with Gasteiger partial charge in [-0.2, -0.15) is 0 Å². The summed E-state index contributed by atoms with van der Waals surface area (Å²) in [7, 11) is 0. The van der Waals surface area contributed by atoms with Gasteiger partial charge in [0.25, 0.3) is 0 Å². The van der Waals surface area contributed by atoms with Crippen molar-refractivity contribution in [2.24, 2.45) is 5.92 Å². The van der Waals surface area contributed by atoms with Crippen molar-refractivity contribution >= 4 is 11.8 Å². The van der Waals surface area contributed by atoms with Crippen LogP contribution in [-0.2, 0) is 9.59 Å². The van der Waals surface area contributed by atoms with Crippen molar-refractivity contribution in [1.29, 1.82) is 0 Å². The van der Waals surface area contributed by atoms with Gasteiger partial charge in [0.1, 0.15) is 6.04 Å². The minimum Gasteiger partial charge on any atom is -0.344 e. The molecule has 2 N–H and O–H groups in total. The number of nitrogens with one attached hydrogen (secondary N) is 2. The first-order chi connectivity index (χ1) is 9.22. The fourth-order valence-electron chi connectivity index (χ4n) is 2.98. The molecule has 5 nitrogen and oxygen atoms in total. The monoisotopic (exact) mass is 265 g/mol. The molecule has 2 saturated heterocycles. The Labute approximate surface area is 114 Å². The van der Waals surface area contributed by atoms with Crippen LogP contribution in [0, 0.1) is 5.92 Å². The van der Waals surface area contributed by atoms with Crippen LogP contribution >= 0.6 is 0 Å². The van der Waals surface area contributed by atoms with Crippen LogP contribution in [0.25, 0.3) is 0 Å². The van der Waals surface area contributed by atoms with E-state index in [1.54, 1.807) is 0 Å². The van der Waals surface area contributed by atoms with Crippen LogP contribution in [0.1, 0.15) is 38.5 Å². The number of hydrogen-bond acceptors (Lipinski definition) is 3. The molecule has 0 aromatic heterocycles. The first kappa shape index (κ1) is 12.9. The highest BCUT2D eigenvalue weighted by molar-refractivity contribution is 5.90. The van der Waals surface area contributed by atoms with Gasteiger partial charge in [-0.3, -0.25) is 9.59 Å². The van der Waals surface area contributed by atoms with Crippen LogP contribution < -0.4 is 10.6 Å². The maximum atomic E-state index is 12.2. The molecule has 0 aromatic carbocycles. The Hall–Kier alpha value is -1.10. The zero-order chi connectivity index (χ0) is 13.2. The normalized spacial score (nSPS) is 28.5. The first-order valence-electron chi connectivity index (χ1n) is 7.54. The SMILES string of the molecule is O=C1CC[C@@H](C(=O)N2CCC(NCC3CC3)CC2)N1. The van der Waals surface area contributed by atoms with Crippen molar-refractivity contribution in [2.75, 3.05) is 19.6 Å². The van der Waals surface area contributed by atoms with Gasteiger partial charge in [0.15, 0.2) is 0 Å². The van der Waals surface area contributed by atoms with Crippen LogP contribution in [-0.4, -0.2) is 48.4 Å². The van der Waals surface area contributed by atoms with Gasteiger partial charge in [0.2, 0.25) is 11.8 Å². The quantitative estimate of drug-likeness (QED) is 0.766. The Morgan fingerprint density at radius 3 is 2.53 bits per heavy atom. The largest absolute Gasteiger partial charge is 0.344 e. The molecule has 1 aliphatic carbocycles. The van der Waals surface area contributed by atoms with Crippen molar-refractivity contribution < 1.29 is 9.59 Å². The molecule has 0 radical (unpaired) electrons. The highest BCUT2D eigenvalue weighted by Gasteiger charge is 2.32. The van der Waals surface area contributed by atoms with Crippen molar-refractivity contribution in [3.8, 4) is 0 Å². The molecule has 3 fully saturated rings. The average molecular weight is 265 g/mol. The van der Waals surface area contributed by atoms with Gasteiger partial charge in [-0.15, -0.1) is 0 Å². The lowest BCUT2D eigenvalue weighted by atomic mass is 10.0. The Morgan fingerprint density at radius 1 is 1.21 bits per heavy atom. The zero-order valence-electron chi connectivity index (χ0n) is 11.4. The lowest BCUT2D eigenvalue weighted by Crippen LogP contribution is -2.50. The van der Waals surface area contributed by atoms with Crippen LogP contribution in [0.2, 0.25) is 0 Å².